The molecule has 0 saturated heterocycles. The summed E-state index contributed by atoms with van der Waals surface area (Å²) in [6.45, 7) is 1.76. The summed E-state index contributed by atoms with van der Waals surface area (Å²) in [4.78, 5) is 8.12. The van der Waals surface area contributed by atoms with Crippen LogP contribution in [0.4, 0.5) is 0 Å². The van der Waals surface area contributed by atoms with Gasteiger partial charge in [-0.25, -0.2) is 0 Å². The van der Waals surface area contributed by atoms with E-state index < -0.39 is 0 Å². The van der Waals surface area contributed by atoms with Crippen LogP contribution in [-0.2, 0) is 0 Å². The van der Waals surface area contributed by atoms with Gasteiger partial charge in [0.15, 0.2) is 0 Å². The first kappa shape index (κ1) is 9.85. The summed E-state index contributed by atoms with van der Waals surface area (Å²) in [6.07, 6.45) is 0. The molecular weight excluding hydrogens is 188 g/mol. The molecule has 0 aliphatic rings. The molecule has 70 valence electrons. The molecular formula is C8H10N2O2S. The number of aryl methyl sites for hydroxylation is 1. The first-order valence-corrected chi connectivity index (χ1v) is 4.11. The molecule has 0 aromatic carbocycles. The van der Waals surface area contributed by atoms with Crippen LogP contribution in [0.25, 0.3) is 0 Å². The zero-order chi connectivity index (χ0) is 9.84. The highest BCUT2D eigenvalue weighted by Crippen LogP contribution is 2.22. The van der Waals surface area contributed by atoms with Gasteiger partial charge in [-0.15, -0.1) is 0 Å². The molecule has 0 amide bonds. The average molecular weight is 198 g/mol. The van der Waals surface area contributed by atoms with Crippen molar-refractivity contribution in [2.75, 3.05) is 14.2 Å². The Morgan fingerprint density at radius 2 is 1.62 bits per heavy atom. The van der Waals surface area contributed by atoms with Crippen molar-refractivity contribution in [2.45, 2.75) is 6.92 Å². The van der Waals surface area contributed by atoms with E-state index >= 15 is 0 Å². The molecule has 1 heterocycles. The van der Waals surface area contributed by atoms with E-state index in [1.807, 2.05) is 0 Å². The predicted molar refractivity (Wildman–Crippen MR) is 52.6 cm³/mol. The Morgan fingerprint density at radius 3 is 1.92 bits per heavy atom. The van der Waals surface area contributed by atoms with Gasteiger partial charge in [-0.2, -0.15) is 9.97 Å². The van der Waals surface area contributed by atoms with Gasteiger partial charge in [0.1, 0.15) is 11.4 Å². The van der Waals surface area contributed by atoms with Crippen LogP contribution in [0.3, 0.4) is 0 Å². The lowest BCUT2D eigenvalue weighted by molar-refractivity contribution is 0.368. The largest absolute Gasteiger partial charge is 0.480 e. The molecule has 5 heteroatoms. The number of rotatable bonds is 3. The minimum absolute atomic E-state index is 0.444. The first-order valence-electron chi connectivity index (χ1n) is 3.64. The first-order chi connectivity index (χ1) is 6.22. The highest BCUT2D eigenvalue weighted by Gasteiger charge is 2.11. The molecule has 0 aliphatic heterocycles. The number of nitrogens with zero attached hydrogens (tertiary/aromatic N) is 2. The Balaban J connectivity index is 3.33. The lowest BCUT2D eigenvalue weighted by Crippen LogP contribution is -2.02. The third kappa shape index (κ3) is 1.92. The molecule has 1 aromatic rings. The molecule has 0 saturated carbocycles. The van der Waals surface area contributed by atoms with Crippen LogP contribution in [0.1, 0.15) is 11.4 Å². The van der Waals surface area contributed by atoms with E-state index in [1.165, 1.54) is 19.6 Å². The molecule has 4 nitrogen and oxygen atoms in total. The van der Waals surface area contributed by atoms with E-state index in [1.54, 1.807) is 6.92 Å². The summed E-state index contributed by atoms with van der Waals surface area (Å²) in [7, 11) is 3.06. The van der Waals surface area contributed by atoms with Crippen molar-refractivity contribution in [1.82, 2.24) is 9.97 Å². The minimum atomic E-state index is 0.444. The topological polar surface area (TPSA) is 44.2 Å². The predicted octanol–water partition coefficient (Wildman–Crippen LogP) is 1.15. The van der Waals surface area contributed by atoms with Gasteiger partial charge in [0.05, 0.1) is 14.2 Å². The second kappa shape index (κ2) is 4.13. The smallest absolute Gasteiger partial charge is 0.228 e. The zero-order valence-electron chi connectivity index (χ0n) is 7.70. The fourth-order valence-electron chi connectivity index (χ4n) is 0.943. The summed E-state index contributed by atoms with van der Waals surface area (Å²) >= 11 is 4.80. The van der Waals surface area contributed by atoms with Crippen LogP contribution in [0.15, 0.2) is 0 Å². The molecule has 0 fully saturated rings. The van der Waals surface area contributed by atoms with E-state index in [-0.39, 0.29) is 0 Å². The Hall–Kier alpha value is -1.23. The summed E-state index contributed by atoms with van der Waals surface area (Å²) in [5.41, 5.74) is 0.602. The van der Waals surface area contributed by atoms with E-state index in [0.29, 0.717) is 23.1 Å². The molecule has 0 bridgehead atoms. The van der Waals surface area contributed by atoms with Gasteiger partial charge in [-0.1, -0.05) is 12.2 Å². The van der Waals surface area contributed by atoms with Crippen LogP contribution in [0.5, 0.6) is 11.8 Å². The Morgan fingerprint density at radius 1 is 1.15 bits per heavy atom. The summed E-state index contributed by atoms with van der Waals surface area (Å²) in [5, 5.41) is 1.44. The number of aromatic nitrogens is 2. The van der Waals surface area contributed by atoms with Crippen molar-refractivity contribution in [3.8, 4) is 11.8 Å². The second-order valence-electron chi connectivity index (χ2n) is 2.32. The van der Waals surface area contributed by atoms with E-state index in [2.05, 4.69) is 9.97 Å². The fourth-order valence-corrected chi connectivity index (χ4v) is 1.14. The lowest BCUT2D eigenvalue weighted by Gasteiger charge is -2.07. The number of hydrogen-bond acceptors (Lipinski definition) is 5. The molecule has 13 heavy (non-hydrogen) atoms. The standard InChI is InChI=1S/C8H10N2O2S/c1-5-9-7(11-2)6(4-13)8(10-5)12-3/h4H,1-3H3. The van der Waals surface area contributed by atoms with Crippen LogP contribution in [-0.4, -0.2) is 29.6 Å². The molecule has 1 rings (SSSR count). The minimum Gasteiger partial charge on any atom is -0.480 e. The van der Waals surface area contributed by atoms with Gasteiger partial charge in [-0.3, -0.25) is 0 Å². The normalized spacial score (nSPS) is 9.46. The third-order valence-corrected chi connectivity index (χ3v) is 1.73. The van der Waals surface area contributed by atoms with Gasteiger partial charge in [0.2, 0.25) is 11.8 Å². The van der Waals surface area contributed by atoms with Crippen LogP contribution < -0.4 is 9.47 Å². The fraction of sp³-hybridized carbons (Fsp3) is 0.375. The maximum absolute atomic E-state index is 5.03. The Kier molecular flexibility index (Phi) is 3.13. The molecule has 0 atom stereocenters. The van der Waals surface area contributed by atoms with Gasteiger partial charge in [-0.05, 0) is 6.92 Å². The van der Waals surface area contributed by atoms with Crippen LogP contribution >= 0.6 is 12.2 Å². The molecule has 0 radical (unpaired) electrons. The van der Waals surface area contributed by atoms with E-state index in [4.69, 9.17) is 21.7 Å². The van der Waals surface area contributed by atoms with Crippen molar-refractivity contribution < 1.29 is 9.47 Å². The van der Waals surface area contributed by atoms with Gasteiger partial charge >= 0.3 is 0 Å². The van der Waals surface area contributed by atoms with Crippen molar-refractivity contribution in [3.05, 3.63) is 11.4 Å². The monoisotopic (exact) mass is 198 g/mol. The van der Waals surface area contributed by atoms with Crippen molar-refractivity contribution in [1.29, 1.82) is 0 Å². The van der Waals surface area contributed by atoms with Gasteiger partial charge in [0, 0.05) is 5.37 Å². The Bertz CT molecular complexity index is 303. The molecule has 0 unspecified atom stereocenters. The van der Waals surface area contributed by atoms with Gasteiger partial charge < -0.3 is 9.47 Å². The Labute approximate surface area is 81.9 Å². The highest BCUT2D eigenvalue weighted by atomic mass is 32.1. The summed E-state index contributed by atoms with van der Waals surface area (Å²) in [5.74, 6) is 1.48. The summed E-state index contributed by atoms with van der Waals surface area (Å²) < 4.78 is 10.1. The van der Waals surface area contributed by atoms with Gasteiger partial charge in [0.25, 0.3) is 0 Å². The quantitative estimate of drug-likeness (QED) is 0.682. The van der Waals surface area contributed by atoms with Crippen molar-refractivity contribution >= 4 is 17.6 Å². The lowest BCUT2D eigenvalue weighted by atomic mass is 10.3. The molecule has 0 aliphatic carbocycles. The summed E-state index contributed by atoms with van der Waals surface area (Å²) in [6, 6.07) is 0. The molecule has 1 aromatic heterocycles. The second-order valence-corrected chi connectivity index (χ2v) is 2.56. The van der Waals surface area contributed by atoms with Crippen molar-refractivity contribution in [2.24, 2.45) is 0 Å². The molecule has 0 N–H and O–H groups in total. The zero-order valence-corrected chi connectivity index (χ0v) is 8.51. The number of thiocarbonyl (C=S) groups is 1. The van der Waals surface area contributed by atoms with Crippen LogP contribution in [0, 0.1) is 6.92 Å². The average Bonchev–Trinajstić information content (AvgIpc) is 2.16. The SMILES string of the molecule is COc1nc(C)nc(OC)c1C=S. The van der Waals surface area contributed by atoms with E-state index in [0.717, 1.165) is 0 Å². The third-order valence-electron chi connectivity index (χ3n) is 1.49. The number of ether oxygens (including phenoxy) is 2. The van der Waals surface area contributed by atoms with Crippen LogP contribution in [0.2, 0.25) is 0 Å². The van der Waals surface area contributed by atoms with Crippen molar-refractivity contribution in [3.63, 3.8) is 0 Å². The molecule has 0 spiro atoms. The number of hydrogen-bond donors (Lipinski definition) is 0. The number of methoxy groups -OCH3 is 2. The van der Waals surface area contributed by atoms with E-state index in [9.17, 15) is 0 Å². The highest BCUT2D eigenvalue weighted by molar-refractivity contribution is 7.79. The maximum atomic E-state index is 5.03. The maximum Gasteiger partial charge on any atom is 0.228 e.